The number of hydrogen-bond donors (Lipinski definition) is 0. The number of anilines is 1. The van der Waals surface area contributed by atoms with Gasteiger partial charge < -0.3 is 9.16 Å². The number of ether oxygens (including phenoxy) is 1. The van der Waals surface area contributed by atoms with E-state index in [0.29, 0.717) is 23.9 Å². The average molecular weight is 434 g/mol. The Morgan fingerprint density at radius 2 is 1.85 bits per heavy atom. The standard InChI is InChI=1S/C19H32ClNO4SSi/c1-15(12-20)13-24-18-10-16(14-25-27(7,8)19(2,3)4)9-17(11-18)21(5)26(6,22)23/h9-11H,1,12-14H2,2-8H3. The van der Waals surface area contributed by atoms with Crippen molar-refractivity contribution in [3.63, 3.8) is 0 Å². The maximum absolute atomic E-state index is 11.9. The average Bonchev–Trinajstić information content (AvgIpc) is 2.55. The lowest BCUT2D eigenvalue weighted by Gasteiger charge is -2.36. The van der Waals surface area contributed by atoms with Crippen LogP contribution in [-0.2, 0) is 21.1 Å². The summed E-state index contributed by atoms with van der Waals surface area (Å²) in [5.74, 6) is 0.868. The summed E-state index contributed by atoms with van der Waals surface area (Å²) in [7, 11) is -3.80. The van der Waals surface area contributed by atoms with Crippen molar-refractivity contribution in [2.24, 2.45) is 0 Å². The van der Waals surface area contributed by atoms with E-state index in [4.69, 9.17) is 20.8 Å². The third-order valence-corrected chi connectivity index (χ3v) is 10.9. The molecule has 0 heterocycles. The molecule has 0 aliphatic rings. The predicted octanol–water partition coefficient (Wildman–Crippen LogP) is 4.78. The van der Waals surface area contributed by atoms with Gasteiger partial charge in [0.1, 0.15) is 12.4 Å². The Balaban J connectivity index is 3.16. The van der Waals surface area contributed by atoms with Crippen LogP contribution in [-0.4, -0.2) is 42.5 Å². The van der Waals surface area contributed by atoms with Gasteiger partial charge in [-0.05, 0) is 41.4 Å². The zero-order chi connectivity index (χ0) is 21.0. The third kappa shape index (κ3) is 7.14. The van der Waals surface area contributed by atoms with Crippen LogP contribution in [0.2, 0.25) is 18.1 Å². The minimum absolute atomic E-state index is 0.0889. The van der Waals surface area contributed by atoms with E-state index in [0.717, 1.165) is 11.1 Å². The summed E-state index contributed by atoms with van der Waals surface area (Å²) in [4.78, 5) is 0. The first kappa shape index (κ1) is 24.0. The van der Waals surface area contributed by atoms with Gasteiger partial charge in [-0.3, -0.25) is 4.31 Å². The lowest BCUT2D eigenvalue weighted by Crippen LogP contribution is -2.40. The lowest BCUT2D eigenvalue weighted by molar-refractivity contribution is 0.275. The van der Waals surface area contributed by atoms with Crippen LogP contribution in [0.25, 0.3) is 0 Å². The maximum atomic E-state index is 11.9. The molecule has 0 unspecified atom stereocenters. The number of rotatable bonds is 9. The topological polar surface area (TPSA) is 55.8 Å². The Labute approximate surface area is 170 Å². The molecule has 0 atom stereocenters. The first-order valence-electron chi connectivity index (χ1n) is 8.74. The molecule has 0 aliphatic carbocycles. The number of benzene rings is 1. The summed E-state index contributed by atoms with van der Waals surface area (Å²) in [5, 5.41) is 0.0889. The van der Waals surface area contributed by atoms with E-state index in [1.807, 2.05) is 12.1 Å². The van der Waals surface area contributed by atoms with Crippen LogP contribution in [0.3, 0.4) is 0 Å². The predicted molar refractivity (Wildman–Crippen MR) is 117 cm³/mol. The minimum atomic E-state index is -3.38. The van der Waals surface area contributed by atoms with Crippen molar-refractivity contribution in [1.82, 2.24) is 0 Å². The van der Waals surface area contributed by atoms with E-state index >= 15 is 0 Å². The molecular formula is C19H32ClNO4SSi. The van der Waals surface area contributed by atoms with Crippen molar-refractivity contribution in [3.8, 4) is 5.75 Å². The SMILES string of the molecule is C=C(CCl)COc1cc(CO[Si](C)(C)C(C)(C)C)cc(N(C)S(C)(=O)=O)c1. The number of alkyl halides is 1. The molecule has 0 fully saturated rings. The first-order valence-corrected chi connectivity index (χ1v) is 14.0. The fourth-order valence-electron chi connectivity index (χ4n) is 1.89. The Hall–Kier alpha value is -1.02. The van der Waals surface area contributed by atoms with Crippen molar-refractivity contribution in [1.29, 1.82) is 0 Å². The summed E-state index contributed by atoms with van der Waals surface area (Å²) in [6.07, 6.45) is 1.17. The van der Waals surface area contributed by atoms with Crippen LogP contribution in [0.15, 0.2) is 30.4 Å². The molecule has 0 radical (unpaired) electrons. The van der Waals surface area contributed by atoms with Crippen molar-refractivity contribution >= 4 is 35.6 Å². The summed E-state index contributed by atoms with van der Waals surface area (Å²) in [5.41, 5.74) is 2.14. The van der Waals surface area contributed by atoms with Gasteiger partial charge in [-0.15, -0.1) is 11.6 Å². The summed E-state index contributed by atoms with van der Waals surface area (Å²) in [6.45, 7) is 15.4. The first-order chi connectivity index (χ1) is 12.2. The van der Waals surface area contributed by atoms with Gasteiger partial charge in [-0.2, -0.15) is 0 Å². The normalized spacial score (nSPS) is 12.7. The highest BCUT2D eigenvalue weighted by Crippen LogP contribution is 2.37. The van der Waals surface area contributed by atoms with Gasteiger partial charge in [0.05, 0.1) is 18.6 Å². The van der Waals surface area contributed by atoms with E-state index in [1.54, 1.807) is 6.07 Å². The van der Waals surface area contributed by atoms with Crippen LogP contribution in [0.5, 0.6) is 5.75 Å². The molecule has 0 bridgehead atoms. The van der Waals surface area contributed by atoms with E-state index < -0.39 is 18.3 Å². The quantitative estimate of drug-likeness (QED) is 0.319. The van der Waals surface area contributed by atoms with E-state index in [9.17, 15) is 8.42 Å². The third-order valence-electron chi connectivity index (χ3n) is 4.85. The molecule has 0 aromatic heterocycles. The molecule has 1 rings (SSSR count). The lowest BCUT2D eigenvalue weighted by atomic mass is 10.2. The Kier molecular flexibility index (Phi) is 7.99. The van der Waals surface area contributed by atoms with Crippen LogP contribution in [0.4, 0.5) is 5.69 Å². The van der Waals surface area contributed by atoms with Gasteiger partial charge >= 0.3 is 0 Å². The van der Waals surface area contributed by atoms with Crippen molar-refractivity contribution < 1.29 is 17.6 Å². The zero-order valence-electron chi connectivity index (χ0n) is 17.4. The maximum Gasteiger partial charge on any atom is 0.231 e. The summed E-state index contributed by atoms with van der Waals surface area (Å²) >= 11 is 5.75. The van der Waals surface area contributed by atoms with Crippen LogP contribution < -0.4 is 9.04 Å². The van der Waals surface area contributed by atoms with Crippen molar-refractivity contribution in [2.75, 3.05) is 30.1 Å². The highest BCUT2D eigenvalue weighted by Gasteiger charge is 2.37. The summed E-state index contributed by atoms with van der Waals surface area (Å²) in [6, 6.07) is 5.38. The van der Waals surface area contributed by atoms with Crippen molar-refractivity contribution in [3.05, 3.63) is 35.9 Å². The molecule has 0 saturated carbocycles. The molecule has 0 saturated heterocycles. The molecule has 0 N–H and O–H groups in total. The smallest absolute Gasteiger partial charge is 0.231 e. The second-order valence-electron chi connectivity index (χ2n) is 8.29. The van der Waals surface area contributed by atoms with Crippen LogP contribution in [0.1, 0.15) is 26.3 Å². The number of hydrogen-bond acceptors (Lipinski definition) is 4. The number of halogens is 1. The molecule has 0 aliphatic heterocycles. The van der Waals surface area contributed by atoms with Crippen LogP contribution in [0, 0.1) is 0 Å². The molecule has 0 amide bonds. The van der Waals surface area contributed by atoms with Gasteiger partial charge in [0, 0.05) is 19.0 Å². The zero-order valence-corrected chi connectivity index (χ0v) is 20.0. The monoisotopic (exact) mass is 433 g/mol. The molecule has 27 heavy (non-hydrogen) atoms. The number of nitrogens with zero attached hydrogens (tertiary/aromatic N) is 1. The Morgan fingerprint density at radius 3 is 2.33 bits per heavy atom. The molecular weight excluding hydrogens is 402 g/mol. The van der Waals surface area contributed by atoms with Crippen molar-refractivity contribution in [2.45, 2.75) is 45.5 Å². The number of sulfonamides is 1. The largest absolute Gasteiger partial charge is 0.489 e. The van der Waals surface area contributed by atoms with Gasteiger partial charge in [-0.1, -0.05) is 27.4 Å². The fraction of sp³-hybridized carbons (Fsp3) is 0.579. The molecule has 8 heteroatoms. The molecule has 1 aromatic rings. The molecule has 154 valence electrons. The second-order valence-corrected chi connectivity index (χ2v) is 15.4. The molecule has 0 spiro atoms. The van der Waals surface area contributed by atoms with Crippen LogP contribution >= 0.6 is 11.6 Å². The van der Waals surface area contributed by atoms with Gasteiger partial charge in [-0.25, -0.2) is 8.42 Å². The van der Waals surface area contributed by atoms with E-state index in [2.05, 4.69) is 40.4 Å². The van der Waals surface area contributed by atoms with E-state index in [1.165, 1.54) is 17.6 Å². The Bertz CT molecular complexity index is 772. The van der Waals surface area contributed by atoms with E-state index in [-0.39, 0.29) is 11.6 Å². The Morgan fingerprint density at radius 1 is 1.26 bits per heavy atom. The minimum Gasteiger partial charge on any atom is -0.489 e. The summed E-state index contributed by atoms with van der Waals surface area (Å²) < 4.78 is 37.1. The highest BCUT2D eigenvalue weighted by atomic mass is 35.5. The molecule has 1 aromatic carbocycles. The highest BCUT2D eigenvalue weighted by molar-refractivity contribution is 7.92. The fourth-order valence-corrected chi connectivity index (χ4v) is 3.41. The van der Waals surface area contributed by atoms with Gasteiger partial charge in [0.2, 0.25) is 10.0 Å². The van der Waals surface area contributed by atoms with Gasteiger partial charge in [0.25, 0.3) is 0 Å². The van der Waals surface area contributed by atoms with Gasteiger partial charge in [0.15, 0.2) is 8.32 Å². The second kappa shape index (κ2) is 8.98. The molecule has 5 nitrogen and oxygen atoms in total.